The Hall–Kier alpha value is -2.14. The number of amides is 1. The van der Waals surface area contributed by atoms with Crippen LogP contribution in [0.2, 0.25) is 0 Å². The van der Waals surface area contributed by atoms with E-state index in [9.17, 15) is 9.59 Å². The molecule has 146 valence electrons. The Morgan fingerprint density at radius 1 is 1.07 bits per heavy atom. The number of fused-ring (bicyclic) bond motifs is 1. The zero-order valence-corrected chi connectivity index (χ0v) is 16.8. The van der Waals surface area contributed by atoms with Gasteiger partial charge in [0, 0.05) is 49.7 Å². The number of nitrogens with zero attached hydrogens (tertiary/aromatic N) is 2. The fourth-order valence-electron chi connectivity index (χ4n) is 3.90. The molecule has 2 aromatic rings. The van der Waals surface area contributed by atoms with Crippen LogP contribution in [0.4, 0.5) is 0 Å². The zero-order valence-electron chi connectivity index (χ0n) is 16.8. The molecule has 27 heavy (non-hydrogen) atoms. The highest BCUT2D eigenvalue weighted by atomic mass is 16.2. The average molecular weight is 370 g/mol. The maximum atomic E-state index is 12.5. The summed E-state index contributed by atoms with van der Waals surface area (Å²) in [6.07, 6.45) is 2.79. The van der Waals surface area contributed by atoms with E-state index in [1.165, 1.54) is 5.56 Å². The molecule has 2 heterocycles. The van der Waals surface area contributed by atoms with Gasteiger partial charge < -0.3 is 9.88 Å². The smallest absolute Gasteiger partial charge is 0.252 e. The number of aromatic nitrogens is 1. The van der Waals surface area contributed by atoms with Crippen molar-refractivity contribution >= 4 is 16.8 Å². The van der Waals surface area contributed by atoms with Crippen molar-refractivity contribution in [2.45, 2.75) is 46.6 Å². The Morgan fingerprint density at radius 2 is 1.78 bits per heavy atom. The van der Waals surface area contributed by atoms with Gasteiger partial charge in [0.2, 0.25) is 5.91 Å². The minimum absolute atomic E-state index is 0.0118. The molecule has 0 unspecified atom stereocenters. The molecule has 1 aromatic heterocycles. The van der Waals surface area contributed by atoms with E-state index in [-0.39, 0.29) is 17.4 Å². The SMILES string of the molecule is CCc1ccc2[nH]c(=O)c(CN3CCN(C(=O)C(CC)CC)CC3)cc2c1. The number of carbonyl (C=O) groups excluding carboxylic acids is 1. The van der Waals surface area contributed by atoms with Gasteiger partial charge in [0.25, 0.3) is 5.56 Å². The van der Waals surface area contributed by atoms with E-state index in [1.54, 1.807) is 0 Å². The molecule has 1 aliphatic rings. The molecule has 1 fully saturated rings. The van der Waals surface area contributed by atoms with Gasteiger partial charge in [0.1, 0.15) is 0 Å². The molecule has 1 saturated heterocycles. The largest absolute Gasteiger partial charge is 0.340 e. The summed E-state index contributed by atoms with van der Waals surface area (Å²) in [5.74, 6) is 0.433. The van der Waals surface area contributed by atoms with Gasteiger partial charge in [-0.1, -0.05) is 26.8 Å². The first kappa shape index (κ1) is 19.6. The zero-order chi connectivity index (χ0) is 19.4. The molecule has 0 aliphatic carbocycles. The Labute approximate surface area is 161 Å². The van der Waals surface area contributed by atoms with Crippen molar-refractivity contribution in [2.75, 3.05) is 26.2 Å². The molecule has 1 aliphatic heterocycles. The summed E-state index contributed by atoms with van der Waals surface area (Å²) >= 11 is 0. The van der Waals surface area contributed by atoms with E-state index >= 15 is 0 Å². The Balaban J connectivity index is 1.67. The molecular weight excluding hydrogens is 338 g/mol. The Morgan fingerprint density at radius 3 is 2.41 bits per heavy atom. The highest BCUT2D eigenvalue weighted by molar-refractivity contribution is 5.80. The minimum Gasteiger partial charge on any atom is -0.340 e. The second-order valence-corrected chi connectivity index (χ2v) is 7.51. The van der Waals surface area contributed by atoms with Crippen molar-refractivity contribution in [3.8, 4) is 0 Å². The van der Waals surface area contributed by atoms with Crippen LogP contribution in [-0.2, 0) is 17.8 Å². The summed E-state index contributed by atoms with van der Waals surface area (Å²) < 4.78 is 0. The van der Waals surface area contributed by atoms with Crippen LogP contribution in [0.15, 0.2) is 29.1 Å². The van der Waals surface area contributed by atoms with Crippen LogP contribution in [0.5, 0.6) is 0 Å². The van der Waals surface area contributed by atoms with Gasteiger partial charge >= 0.3 is 0 Å². The van der Waals surface area contributed by atoms with Gasteiger partial charge in [-0.3, -0.25) is 14.5 Å². The molecular formula is C22H31N3O2. The van der Waals surface area contributed by atoms with Crippen LogP contribution in [0.1, 0.15) is 44.7 Å². The van der Waals surface area contributed by atoms with Gasteiger partial charge in [-0.2, -0.15) is 0 Å². The van der Waals surface area contributed by atoms with Gasteiger partial charge in [-0.25, -0.2) is 0 Å². The topological polar surface area (TPSA) is 56.4 Å². The third-order valence-corrected chi connectivity index (χ3v) is 5.81. The number of nitrogens with one attached hydrogen (secondary N) is 1. The van der Waals surface area contributed by atoms with Crippen molar-refractivity contribution in [1.29, 1.82) is 0 Å². The number of hydrogen-bond donors (Lipinski definition) is 1. The lowest BCUT2D eigenvalue weighted by Crippen LogP contribution is -2.50. The van der Waals surface area contributed by atoms with E-state index in [0.29, 0.717) is 6.54 Å². The molecule has 1 amide bonds. The van der Waals surface area contributed by atoms with Crippen LogP contribution in [0.25, 0.3) is 10.9 Å². The first-order chi connectivity index (χ1) is 13.0. The fourth-order valence-corrected chi connectivity index (χ4v) is 3.90. The Bertz CT molecular complexity index is 846. The van der Waals surface area contributed by atoms with Gasteiger partial charge in [-0.05, 0) is 48.4 Å². The van der Waals surface area contributed by atoms with E-state index in [2.05, 4.69) is 42.8 Å². The van der Waals surface area contributed by atoms with Crippen molar-refractivity contribution in [3.05, 3.63) is 45.7 Å². The monoisotopic (exact) mass is 369 g/mol. The number of benzene rings is 1. The molecule has 0 spiro atoms. The highest BCUT2D eigenvalue weighted by Gasteiger charge is 2.25. The second-order valence-electron chi connectivity index (χ2n) is 7.51. The average Bonchev–Trinajstić information content (AvgIpc) is 2.69. The van der Waals surface area contributed by atoms with Crippen LogP contribution in [-0.4, -0.2) is 46.9 Å². The molecule has 1 aromatic carbocycles. The predicted octanol–water partition coefficient (Wildman–Crippen LogP) is 3.17. The van der Waals surface area contributed by atoms with Crippen molar-refractivity contribution in [2.24, 2.45) is 5.92 Å². The molecule has 0 bridgehead atoms. The van der Waals surface area contributed by atoms with E-state index < -0.39 is 0 Å². The number of pyridine rings is 1. The minimum atomic E-state index is -0.0118. The van der Waals surface area contributed by atoms with Gasteiger partial charge in [0.05, 0.1) is 0 Å². The van der Waals surface area contributed by atoms with Gasteiger partial charge in [-0.15, -0.1) is 0 Å². The summed E-state index contributed by atoms with van der Waals surface area (Å²) in [4.78, 5) is 32.3. The molecule has 5 heteroatoms. The van der Waals surface area contributed by atoms with Crippen molar-refractivity contribution in [3.63, 3.8) is 0 Å². The lowest BCUT2D eigenvalue weighted by molar-refractivity contribution is -0.137. The Kier molecular flexibility index (Phi) is 6.32. The summed E-state index contributed by atoms with van der Waals surface area (Å²) in [6.45, 7) is 10.1. The van der Waals surface area contributed by atoms with E-state index in [0.717, 1.165) is 61.9 Å². The summed E-state index contributed by atoms with van der Waals surface area (Å²) in [5.41, 5.74) is 2.95. The molecule has 0 atom stereocenters. The maximum Gasteiger partial charge on any atom is 0.252 e. The van der Waals surface area contributed by atoms with Crippen LogP contribution in [0, 0.1) is 5.92 Å². The third kappa shape index (κ3) is 4.41. The number of aromatic amines is 1. The standard InChI is InChI=1S/C22H31N3O2/c1-4-16-7-8-20-18(13-16)14-19(21(26)23-20)15-24-9-11-25(12-10-24)22(27)17(5-2)6-3/h7-8,13-14,17H,4-6,9-12,15H2,1-3H3,(H,23,26). The van der Waals surface area contributed by atoms with Gasteiger partial charge in [0.15, 0.2) is 0 Å². The van der Waals surface area contributed by atoms with Crippen molar-refractivity contribution in [1.82, 2.24) is 14.8 Å². The molecule has 1 N–H and O–H groups in total. The molecule has 5 nitrogen and oxygen atoms in total. The number of H-pyrrole nitrogens is 1. The first-order valence-corrected chi connectivity index (χ1v) is 10.2. The molecule has 0 saturated carbocycles. The maximum absolute atomic E-state index is 12.5. The van der Waals surface area contributed by atoms with Crippen LogP contribution >= 0.6 is 0 Å². The van der Waals surface area contributed by atoms with Crippen LogP contribution in [0.3, 0.4) is 0 Å². The molecule has 0 radical (unpaired) electrons. The lowest BCUT2D eigenvalue weighted by atomic mass is 10.0. The highest BCUT2D eigenvalue weighted by Crippen LogP contribution is 2.17. The van der Waals surface area contributed by atoms with Crippen molar-refractivity contribution < 1.29 is 4.79 Å². The lowest BCUT2D eigenvalue weighted by Gasteiger charge is -2.36. The number of aryl methyl sites for hydroxylation is 1. The third-order valence-electron chi connectivity index (χ3n) is 5.81. The van der Waals surface area contributed by atoms with E-state index in [1.807, 2.05) is 17.0 Å². The van der Waals surface area contributed by atoms with E-state index in [4.69, 9.17) is 0 Å². The molecule has 3 rings (SSSR count). The number of hydrogen-bond acceptors (Lipinski definition) is 3. The number of piperazine rings is 1. The quantitative estimate of drug-likeness (QED) is 0.851. The summed E-state index contributed by atoms with van der Waals surface area (Å²) in [6, 6.07) is 8.23. The predicted molar refractivity (Wildman–Crippen MR) is 110 cm³/mol. The summed E-state index contributed by atoms with van der Waals surface area (Å²) in [7, 11) is 0. The number of carbonyl (C=O) groups is 1. The fraction of sp³-hybridized carbons (Fsp3) is 0.545. The normalized spacial score (nSPS) is 15.6. The first-order valence-electron chi connectivity index (χ1n) is 10.2. The van der Waals surface area contributed by atoms with Crippen LogP contribution < -0.4 is 5.56 Å². The second kappa shape index (κ2) is 8.70. The summed E-state index contributed by atoms with van der Waals surface area (Å²) in [5, 5.41) is 1.09. The number of rotatable bonds is 6.